The van der Waals surface area contributed by atoms with E-state index in [2.05, 4.69) is 11.7 Å². The molecule has 13 heavy (non-hydrogen) atoms. The molecule has 0 aromatic heterocycles. The van der Waals surface area contributed by atoms with Crippen LogP contribution in [0.4, 0.5) is 4.79 Å². The molecule has 0 aliphatic heterocycles. The summed E-state index contributed by atoms with van der Waals surface area (Å²) in [6.07, 6.45) is 5.13. The summed E-state index contributed by atoms with van der Waals surface area (Å²) >= 11 is 0. The van der Waals surface area contributed by atoms with E-state index in [0.29, 0.717) is 0 Å². The smallest absolute Gasteiger partial charge is 0.407 e. The molecule has 1 N–H and O–H groups in total. The normalized spacial score (nSPS) is 18.7. The number of hydrogen-bond donors (Lipinski definition) is 1. The van der Waals surface area contributed by atoms with Crippen molar-refractivity contribution in [3.05, 3.63) is 6.42 Å². The zero-order valence-corrected chi connectivity index (χ0v) is 8.59. The Hall–Kier alpha value is -0.730. The lowest BCUT2D eigenvalue weighted by molar-refractivity contribution is 0.0512. The summed E-state index contributed by atoms with van der Waals surface area (Å²) in [5.74, 6) is 0. The molecule has 1 saturated carbocycles. The Morgan fingerprint density at radius 2 is 2.23 bits per heavy atom. The van der Waals surface area contributed by atoms with E-state index in [1.54, 1.807) is 0 Å². The number of rotatable bonds is 1. The predicted molar refractivity (Wildman–Crippen MR) is 51.3 cm³/mol. The zero-order chi connectivity index (χ0) is 9.90. The standard InChI is InChI=1S/C10H18NO2/c1-10(2,3)13-9(12)11-8-6-4-5-7-8/h6,8H,4-5,7H2,1-3H3,(H,11,12). The van der Waals surface area contributed by atoms with E-state index in [1.807, 2.05) is 20.8 Å². The fourth-order valence-corrected chi connectivity index (χ4v) is 1.36. The molecule has 0 heterocycles. The molecule has 0 bridgehead atoms. The van der Waals surface area contributed by atoms with Crippen LogP contribution in [-0.2, 0) is 4.74 Å². The number of carbonyl (C=O) groups is 1. The molecule has 0 aromatic carbocycles. The molecule has 3 heteroatoms. The van der Waals surface area contributed by atoms with Gasteiger partial charge in [0.15, 0.2) is 0 Å². The van der Waals surface area contributed by atoms with Gasteiger partial charge in [0.2, 0.25) is 0 Å². The van der Waals surface area contributed by atoms with E-state index >= 15 is 0 Å². The molecular weight excluding hydrogens is 166 g/mol. The third-order valence-electron chi connectivity index (χ3n) is 1.87. The monoisotopic (exact) mass is 184 g/mol. The largest absolute Gasteiger partial charge is 0.444 e. The molecule has 1 aliphatic carbocycles. The first kappa shape index (κ1) is 10.4. The average Bonchev–Trinajstić information content (AvgIpc) is 2.34. The van der Waals surface area contributed by atoms with Crippen LogP contribution in [0, 0.1) is 6.42 Å². The molecule has 1 amide bonds. The van der Waals surface area contributed by atoms with Crippen LogP contribution in [-0.4, -0.2) is 17.7 Å². The Kier molecular flexibility index (Phi) is 3.17. The molecule has 3 nitrogen and oxygen atoms in total. The van der Waals surface area contributed by atoms with Crippen LogP contribution >= 0.6 is 0 Å². The van der Waals surface area contributed by atoms with Crippen LogP contribution in [0.25, 0.3) is 0 Å². The number of alkyl carbamates (subject to hydrolysis) is 1. The lowest BCUT2D eigenvalue weighted by atomic mass is 10.2. The van der Waals surface area contributed by atoms with Crippen molar-refractivity contribution in [2.75, 3.05) is 0 Å². The quantitative estimate of drug-likeness (QED) is 0.679. The maximum absolute atomic E-state index is 11.3. The van der Waals surface area contributed by atoms with Crippen LogP contribution in [0.3, 0.4) is 0 Å². The molecule has 1 atom stereocenters. The van der Waals surface area contributed by atoms with Gasteiger partial charge in [-0.1, -0.05) is 6.42 Å². The molecule has 0 saturated heterocycles. The van der Waals surface area contributed by atoms with Crippen LogP contribution < -0.4 is 5.32 Å². The number of amides is 1. The van der Waals surface area contributed by atoms with Crippen LogP contribution in [0.5, 0.6) is 0 Å². The first-order chi connectivity index (χ1) is 5.97. The number of nitrogens with one attached hydrogen (secondary N) is 1. The van der Waals surface area contributed by atoms with Crippen molar-refractivity contribution in [2.45, 2.75) is 51.7 Å². The van der Waals surface area contributed by atoms with E-state index in [-0.39, 0.29) is 12.1 Å². The van der Waals surface area contributed by atoms with E-state index in [4.69, 9.17) is 4.74 Å². The van der Waals surface area contributed by atoms with Gasteiger partial charge in [0.05, 0.1) is 0 Å². The van der Waals surface area contributed by atoms with Gasteiger partial charge in [0.25, 0.3) is 0 Å². The molecule has 1 rings (SSSR count). The minimum Gasteiger partial charge on any atom is -0.444 e. The van der Waals surface area contributed by atoms with Crippen molar-refractivity contribution in [2.24, 2.45) is 0 Å². The Morgan fingerprint density at radius 1 is 1.54 bits per heavy atom. The second-order valence-corrected chi connectivity index (χ2v) is 4.42. The zero-order valence-electron chi connectivity index (χ0n) is 8.59. The van der Waals surface area contributed by atoms with Crippen molar-refractivity contribution in [3.8, 4) is 0 Å². The highest BCUT2D eigenvalue weighted by Crippen LogP contribution is 2.17. The lowest BCUT2D eigenvalue weighted by Gasteiger charge is -2.21. The Labute approximate surface area is 79.8 Å². The predicted octanol–water partition coefficient (Wildman–Crippen LogP) is 2.27. The van der Waals surface area contributed by atoms with Crippen LogP contribution in [0.15, 0.2) is 0 Å². The van der Waals surface area contributed by atoms with Gasteiger partial charge in [0.1, 0.15) is 5.60 Å². The van der Waals surface area contributed by atoms with Crippen molar-refractivity contribution in [1.29, 1.82) is 0 Å². The maximum Gasteiger partial charge on any atom is 0.407 e. The lowest BCUT2D eigenvalue weighted by Crippen LogP contribution is -2.37. The third kappa shape index (κ3) is 4.15. The van der Waals surface area contributed by atoms with Gasteiger partial charge < -0.3 is 10.1 Å². The molecule has 0 aromatic rings. The summed E-state index contributed by atoms with van der Waals surface area (Å²) < 4.78 is 5.13. The summed E-state index contributed by atoms with van der Waals surface area (Å²) in [5.41, 5.74) is -0.400. The highest BCUT2D eigenvalue weighted by molar-refractivity contribution is 5.68. The SMILES string of the molecule is CC(C)(C)OC(=O)NC1[CH]CCC1. The van der Waals surface area contributed by atoms with E-state index in [9.17, 15) is 4.79 Å². The topological polar surface area (TPSA) is 38.3 Å². The van der Waals surface area contributed by atoms with E-state index in [0.717, 1.165) is 12.8 Å². The van der Waals surface area contributed by atoms with Gasteiger partial charge in [-0.2, -0.15) is 0 Å². The van der Waals surface area contributed by atoms with Crippen molar-refractivity contribution >= 4 is 6.09 Å². The van der Waals surface area contributed by atoms with Gasteiger partial charge in [-0.15, -0.1) is 0 Å². The molecule has 1 radical (unpaired) electrons. The Balaban J connectivity index is 2.24. The fraction of sp³-hybridized carbons (Fsp3) is 0.800. The minimum atomic E-state index is -0.400. The summed E-state index contributed by atoms with van der Waals surface area (Å²) in [6.45, 7) is 5.60. The molecular formula is C10H18NO2. The third-order valence-corrected chi connectivity index (χ3v) is 1.87. The van der Waals surface area contributed by atoms with Gasteiger partial charge in [-0.3, -0.25) is 0 Å². The summed E-state index contributed by atoms with van der Waals surface area (Å²) in [6, 6.07) is 0.217. The van der Waals surface area contributed by atoms with E-state index in [1.165, 1.54) is 6.42 Å². The van der Waals surface area contributed by atoms with Crippen LogP contribution in [0.2, 0.25) is 0 Å². The first-order valence-electron chi connectivity index (χ1n) is 4.80. The number of ether oxygens (including phenoxy) is 1. The molecule has 1 unspecified atom stereocenters. The summed E-state index contributed by atoms with van der Waals surface area (Å²) in [7, 11) is 0. The maximum atomic E-state index is 11.3. The van der Waals surface area contributed by atoms with Crippen LogP contribution in [0.1, 0.15) is 40.0 Å². The van der Waals surface area contributed by atoms with E-state index < -0.39 is 5.60 Å². The second-order valence-electron chi connectivity index (χ2n) is 4.42. The van der Waals surface area contributed by atoms with Gasteiger partial charge >= 0.3 is 6.09 Å². The second kappa shape index (κ2) is 3.99. The molecule has 1 aliphatic rings. The molecule has 1 fully saturated rings. The number of carbonyl (C=O) groups excluding carboxylic acids is 1. The van der Waals surface area contributed by atoms with Gasteiger partial charge in [-0.25, -0.2) is 4.79 Å². The highest BCUT2D eigenvalue weighted by Gasteiger charge is 2.21. The fourth-order valence-electron chi connectivity index (χ4n) is 1.36. The van der Waals surface area contributed by atoms with Crippen molar-refractivity contribution in [3.63, 3.8) is 0 Å². The van der Waals surface area contributed by atoms with Gasteiger partial charge in [-0.05, 0) is 40.0 Å². The van der Waals surface area contributed by atoms with Gasteiger partial charge in [0, 0.05) is 6.04 Å². The first-order valence-corrected chi connectivity index (χ1v) is 4.80. The number of hydrogen-bond acceptors (Lipinski definition) is 2. The molecule has 0 spiro atoms. The average molecular weight is 184 g/mol. The van der Waals surface area contributed by atoms with Crippen molar-refractivity contribution in [1.82, 2.24) is 5.32 Å². The summed E-state index contributed by atoms with van der Waals surface area (Å²) in [4.78, 5) is 11.3. The Morgan fingerprint density at radius 3 is 2.69 bits per heavy atom. The molecule has 75 valence electrons. The minimum absolute atomic E-state index is 0.217. The summed E-state index contributed by atoms with van der Waals surface area (Å²) in [5, 5.41) is 2.82. The Bertz CT molecular complexity index is 178. The van der Waals surface area contributed by atoms with Crippen molar-refractivity contribution < 1.29 is 9.53 Å². The highest BCUT2D eigenvalue weighted by atomic mass is 16.6.